The first-order valence-corrected chi connectivity index (χ1v) is 11.5. The number of nitrogens with zero attached hydrogens (tertiary/aromatic N) is 4. The highest BCUT2D eigenvalue weighted by Crippen LogP contribution is 2.31. The van der Waals surface area contributed by atoms with Crippen molar-refractivity contribution in [3.63, 3.8) is 0 Å². The lowest BCUT2D eigenvalue weighted by atomic mass is 10.1. The average molecular weight is 492 g/mol. The number of ether oxygens (including phenoxy) is 4. The van der Waals surface area contributed by atoms with E-state index in [1.807, 2.05) is 44.2 Å². The van der Waals surface area contributed by atoms with Gasteiger partial charge in [0.05, 0.1) is 20.8 Å². The molecule has 1 unspecified atom stereocenters. The Bertz CT molecular complexity index is 1370. The molecule has 4 aromatic rings. The van der Waals surface area contributed by atoms with Gasteiger partial charge in [-0.15, -0.1) is 15.3 Å². The topological polar surface area (TPSA) is 109 Å². The Labute approximate surface area is 209 Å². The number of benzene rings is 2. The third-order valence-corrected chi connectivity index (χ3v) is 5.76. The molecule has 0 bridgehead atoms. The van der Waals surface area contributed by atoms with Crippen LogP contribution < -0.4 is 24.3 Å². The summed E-state index contributed by atoms with van der Waals surface area (Å²) in [6.45, 7) is 6.22. The number of nitrogens with one attached hydrogen (secondary N) is 1. The maximum atomic E-state index is 12.4. The van der Waals surface area contributed by atoms with Crippen LogP contribution in [-0.4, -0.2) is 59.2 Å². The minimum Gasteiger partial charge on any atom is -0.493 e. The Morgan fingerprint density at radius 2 is 1.81 bits per heavy atom. The molecule has 2 aromatic carbocycles. The van der Waals surface area contributed by atoms with Gasteiger partial charge in [-0.2, -0.15) is 4.52 Å². The highest BCUT2D eigenvalue weighted by atomic mass is 16.5. The molecule has 0 saturated carbocycles. The lowest BCUT2D eigenvalue weighted by molar-refractivity contribution is -0.127. The average Bonchev–Trinajstić information content (AvgIpc) is 3.32. The number of hydrogen-bond donors (Lipinski definition) is 1. The smallest absolute Gasteiger partial charge is 0.260 e. The molecule has 0 aliphatic heterocycles. The highest BCUT2D eigenvalue weighted by molar-refractivity contribution is 5.80. The van der Waals surface area contributed by atoms with E-state index in [2.05, 4.69) is 20.6 Å². The van der Waals surface area contributed by atoms with Gasteiger partial charge in [0, 0.05) is 11.6 Å². The largest absolute Gasteiger partial charge is 0.493 e. The number of aromatic nitrogens is 4. The van der Waals surface area contributed by atoms with Gasteiger partial charge < -0.3 is 24.3 Å². The van der Waals surface area contributed by atoms with Crippen molar-refractivity contribution in [2.75, 3.05) is 27.4 Å². The second-order valence-corrected chi connectivity index (χ2v) is 8.13. The molecule has 2 aromatic heterocycles. The monoisotopic (exact) mass is 491 g/mol. The normalized spacial score (nSPS) is 11.7. The molecule has 1 atom stereocenters. The molecule has 0 spiro atoms. The van der Waals surface area contributed by atoms with Crippen molar-refractivity contribution in [3.8, 4) is 34.5 Å². The van der Waals surface area contributed by atoms with E-state index in [-0.39, 0.29) is 12.5 Å². The summed E-state index contributed by atoms with van der Waals surface area (Å²) in [6.07, 6.45) is -0.638. The first-order chi connectivity index (χ1) is 17.4. The molecule has 1 amide bonds. The first-order valence-electron chi connectivity index (χ1n) is 11.5. The minimum absolute atomic E-state index is 0.225. The number of aryl methyl sites for hydroxylation is 1. The van der Waals surface area contributed by atoms with E-state index >= 15 is 0 Å². The van der Waals surface area contributed by atoms with Crippen LogP contribution in [0.5, 0.6) is 23.1 Å². The van der Waals surface area contributed by atoms with Gasteiger partial charge in [-0.1, -0.05) is 12.1 Å². The van der Waals surface area contributed by atoms with E-state index in [9.17, 15) is 4.79 Å². The quantitative estimate of drug-likeness (QED) is 0.336. The number of amides is 1. The molecule has 0 saturated heterocycles. The van der Waals surface area contributed by atoms with Crippen LogP contribution in [-0.2, 0) is 4.79 Å². The molecule has 0 radical (unpaired) electrons. The van der Waals surface area contributed by atoms with Gasteiger partial charge in [0.1, 0.15) is 12.4 Å². The number of rotatable bonds is 10. The number of fused-ring (bicyclic) bond motifs is 1. The second-order valence-electron chi connectivity index (χ2n) is 8.13. The summed E-state index contributed by atoms with van der Waals surface area (Å²) in [5.74, 6) is 2.57. The number of carbonyl (C=O) groups excluding carboxylic acids is 1. The van der Waals surface area contributed by atoms with Gasteiger partial charge in [-0.25, -0.2) is 0 Å². The number of methoxy groups -OCH3 is 2. The fraction of sp³-hybridized carbons (Fsp3) is 0.308. The SMILES string of the molecule is COc1ccc(-c2nnc3ccc(OCCNC(=O)C(C)Oc4cccc(C)c4C)nn23)cc1OC. The number of carbonyl (C=O) groups is 1. The van der Waals surface area contributed by atoms with Crippen LogP contribution in [0.1, 0.15) is 18.1 Å². The van der Waals surface area contributed by atoms with E-state index in [4.69, 9.17) is 18.9 Å². The van der Waals surface area contributed by atoms with Crippen LogP contribution in [0.3, 0.4) is 0 Å². The molecule has 10 heteroatoms. The lowest BCUT2D eigenvalue weighted by Crippen LogP contribution is -2.38. The van der Waals surface area contributed by atoms with E-state index in [0.29, 0.717) is 41.1 Å². The molecule has 1 N–H and O–H groups in total. The molecular weight excluding hydrogens is 462 g/mol. The zero-order chi connectivity index (χ0) is 25.7. The van der Waals surface area contributed by atoms with Gasteiger partial charge in [0.25, 0.3) is 5.91 Å². The molecule has 36 heavy (non-hydrogen) atoms. The molecule has 10 nitrogen and oxygen atoms in total. The van der Waals surface area contributed by atoms with Crippen molar-refractivity contribution in [1.29, 1.82) is 0 Å². The second kappa shape index (κ2) is 10.9. The molecule has 0 aliphatic carbocycles. The summed E-state index contributed by atoms with van der Waals surface area (Å²) in [7, 11) is 3.15. The van der Waals surface area contributed by atoms with Crippen LogP contribution in [0.25, 0.3) is 17.0 Å². The molecule has 2 heterocycles. The zero-order valence-electron chi connectivity index (χ0n) is 20.9. The van der Waals surface area contributed by atoms with E-state index in [1.165, 1.54) is 0 Å². The molecular formula is C26H29N5O5. The van der Waals surface area contributed by atoms with Crippen molar-refractivity contribution in [2.24, 2.45) is 0 Å². The molecule has 0 fully saturated rings. The van der Waals surface area contributed by atoms with Crippen LogP contribution in [0, 0.1) is 13.8 Å². The predicted molar refractivity (Wildman–Crippen MR) is 134 cm³/mol. The van der Waals surface area contributed by atoms with Crippen LogP contribution in [0.15, 0.2) is 48.5 Å². The van der Waals surface area contributed by atoms with Gasteiger partial charge >= 0.3 is 0 Å². The third-order valence-electron chi connectivity index (χ3n) is 5.76. The Balaban J connectivity index is 1.36. The highest BCUT2D eigenvalue weighted by Gasteiger charge is 2.16. The molecule has 188 valence electrons. The Morgan fingerprint density at radius 3 is 2.58 bits per heavy atom. The van der Waals surface area contributed by atoms with E-state index in [0.717, 1.165) is 16.7 Å². The van der Waals surface area contributed by atoms with Gasteiger partial charge in [-0.05, 0) is 62.2 Å². The lowest BCUT2D eigenvalue weighted by Gasteiger charge is -2.17. The summed E-state index contributed by atoms with van der Waals surface area (Å²) in [6, 6.07) is 14.7. The summed E-state index contributed by atoms with van der Waals surface area (Å²) in [4.78, 5) is 12.4. The van der Waals surface area contributed by atoms with E-state index < -0.39 is 6.10 Å². The third kappa shape index (κ3) is 5.32. The van der Waals surface area contributed by atoms with E-state index in [1.54, 1.807) is 43.9 Å². The fourth-order valence-corrected chi connectivity index (χ4v) is 3.57. The van der Waals surface area contributed by atoms with Gasteiger partial charge in [-0.3, -0.25) is 4.79 Å². The molecule has 4 rings (SSSR count). The predicted octanol–water partition coefficient (Wildman–Crippen LogP) is 3.39. The molecule has 0 aliphatic rings. The maximum Gasteiger partial charge on any atom is 0.260 e. The number of hydrogen-bond acceptors (Lipinski definition) is 8. The summed E-state index contributed by atoms with van der Waals surface area (Å²) in [5.41, 5.74) is 3.46. The minimum atomic E-state index is -0.638. The van der Waals surface area contributed by atoms with Crippen LogP contribution in [0.4, 0.5) is 0 Å². The van der Waals surface area contributed by atoms with Gasteiger partial charge in [0.15, 0.2) is 29.1 Å². The maximum absolute atomic E-state index is 12.4. The van der Waals surface area contributed by atoms with Crippen LogP contribution >= 0.6 is 0 Å². The zero-order valence-corrected chi connectivity index (χ0v) is 20.9. The summed E-state index contributed by atoms with van der Waals surface area (Å²) < 4.78 is 23.9. The van der Waals surface area contributed by atoms with Crippen molar-refractivity contribution in [2.45, 2.75) is 26.9 Å². The first kappa shape index (κ1) is 24.8. The Kier molecular flexibility index (Phi) is 7.53. The Morgan fingerprint density at radius 1 is 1.00 bits per heavy atom. The van der Waals surface area contributed by atoms with Crippen molar-refractivity contribution in [3.05, 3.63) is 59.7 Å². The van der Waals surface area contributed by atoms with Crippen molar-refractivity contribution in [1.82, 2.24) is 25.1 Å². The van der Waals surface area contributed by atoms with Gasteiger partial charge in [0.2, 0.25) is 5.88 Å². The fourth-order valence-electron chi connectivity index (χ4n) is 3.57. The van der Waals surface area contributed by atoms with Crippen LogP contribution in [0.2, 0.25) is 0 Å². The Hall–Kier alpha value is -4.34. The standard InChI is InChI=1S/C26H29N5O5/c1-16-7-6-8-20(17(16)2)36-18(3)26(32)27-13-14-35-24-12-11-23-28-29-25(31(23)30-24)19-9-10-21(33-4)22(15-19)34-5/h6-12,15,18H,13-14H2,1-5H3,(H,27,32). The van der Waals surface area contributed by atoms with Crippen molar-refractivity contribution < 1.29 is 23.7 Å². The summed E-state index contributed by atoms with van der Waals surface area (Å²) in [5, 5.41) is 15.7. The summed E-state index contributed by atoms with van der Waals surface area (Å²) >= 11 is 0. The van der Waals surface area contributed by atoms with Crippen molar-refractivity contribution >= 4 is 11.6 Å².